The van der Waals surface area contributed by atoms with Gasteiger partial charge in [-0.25, -0.2) is 9.18 Å². The van der Waals surface area contributed by atoms with Gasteiger partial charge in [-0.3, -0.25) is 14.3 Å². The van der Waals surface area contributed by atoms with Gasteiger partial charge in [-0.1, -0.05) is 19.1 Å². The van der Waals surface area contributed by atoms with Crippen LogP contribution in [-0.2, 0) is 0 Å². The standard InChI is InChI=1S/C14H13FN2O3/c1-7-5-10(7)17-13(19)11(12(18)16-14(17)20)8-3-2-4-9(15)6-8/h2-4,6-7,10,19H,5H2,1H3,(H,16,18,20). The van der Waals surface area contributed by atoms with E-state index in [9.17, 15) is 19.1 Å². The van der Waals surface area contributed by atoms with Gasteiger partial charge in [-0.2, -0.15) is 0 Å². The molecule has 0 spiro atoms. The molecule has 1 heterocycles. The van der Waals surface area contributed by atoms with Crippen LogP contribution in [-0.4, -0.2) is 14.7 Å². The molecule has 1 aliphatic carbocycles. The highest BCUT2D eigenvalue weighted by Crippen LogP contribution is 2.44. The Balaban J connectivity index is 2.26. The van der Waals surface area contributed by atoms with E-state index < -0.39 is 22.9 Å². The van der Waals surface area contributed by atoms with Crippen molar-refractivity contribution >= 4 is 0 Å². The van der Waals surface area contributed by atoms with Gasteiger partial charge in [-0.15, -0.1) is 0 Å². The van der Waals surface area contributed by atoms with Gasteiger partial charge < -0.3 is 5.11 Å². The first-order chi connectivity index (χ1) is 9.49. The van der Waals surface area contributed by atoms with Gasteiger partial charge >= 0.3 is 5.69 Å². The maximum atomic E-state index is 13.3. The number of nitrogens with zero attached hydrogens (tertiary/aromatic N) is 1. The van der Waals surface area contributed by atoms with Crippen molar-refractivity contribution in [3.63, 3.8) is 0 Å². The molecule has 2 atom stereocenters. The number of rotatable bonds is 2. The summed E-state index contributed by atoms with van der Waals surface area (Å²) in [6.45, 7) is 1.95. The number of H-pyrrole nitrogens is 1. The Morgan fingerprint density at radius 3 is 2.70 bits per heavy atom. The quantitative estimate of drug-likeness (QED) is 0.875. The molecule has 0 radical (unpaired) electrons. The lowest BCUT2D eigenvalue weighted by Crippen LogP contribution is -2.30. The Hall–Kier alpha value is -2.37. The maximum Gasteiger partial charge on any atom is 0.331 e. The Labute approximate surface area is 113 Å². The number of nitrogens with one attached hydrogen (secondary N) is 1. The van der Waals surface area contributed by atoms with Crippen LogP contribution in [0.2, 0.25) is 0 Å². The number of aromatic amines is 1. The summed E-state index contributed by atoms with van der Waals surface area (Å²) in [6, 6.07) is 5.23. The lowest BCUT2D eigenvalue weighted by Gasteiger charge is -2.11. The molecular weight excluding hydrogens is 263 g/mol. The van der Waals surface area contributed by atoms with Crippen LogP contribution in [0.5, 0.6) is 5.88 Å². The molecule has 5 nitrogen and oxygen atoms in total. The fraction of sp³-hybridized carbons (Fsp3) is 0.286. The van der Waals surface area contributed by atoms with E-state index in [1.54, 1.807) is 0 Å². The Morgan fingerprint density at radius 1 is 1.40 bits per heavy atom. The molecule has 0 aliphatic heterocycles. The second-order valence-electron chi connectivity index (χ2n) is 5.12. The van der Waals surface area contributed by atoms with E-state index >= 15 is 0 Å². The predicted octanol–water partition coefficient (Wildman–Crippen LogP) is 1.63. The molecule has 0 bridgehead atoms. The topological polar surface area (TPSA) is 75.1 Å². The Morgan fingerprint density at radius 2 is 2.10 bits per heavy atom. The van der Waals surface area contributed by atoms with E-state index in [4.69, 9.17) is 0 Å². The molecule has 20 heavy (non-hydrogen) atoms. The van der Waals surface area contributed by atoms with Crippen LogP contribution in [0.4, 0.5) is 4.39 Å². The number of hydrogen-bond acceptors (Lipinski definition) is 3. The van der Waals surface area contributed by atoms with Crippen molar-refractivity contribution in [2.24, 2.45) is 5.92 Å². The number of benzene rings is 1. The summed E-state index contributed by atoms with van der Waals surface area (Å²) in [6.07, 6.45) is 0.766. The summed E-state index contributed by atoms with van der Waals surface area (Å²) in [7, 11) is 0. The fourth-order valence-corrected chi connectivity index (χ4v) is 2.41. The molecule has 3 rings (SSSR count). The van der Waals surface area contributed by atoms with Gasteiger partial charge in [-0.05, 0) is 30.0 Å². The first kappa shape index (κ1) is 12.7. The largest absolute Gasteiger partial charge is 0.494 e. The molecule has 2 N–H and O–H groups in total. The van der Waals surface area contributed by atoms with Gasteiger partial charge in [0.25, 0.3) is 5.56 Å². The van der Waals surface area contributed by atoms with Crippen molar-refractivity contribution < 1.29 is 9.50 Å². The molecule has 2 aromatic rings. The van der Waals surface area contributed by atoms with Crippen LogP contribution in [0.3, 0.4) is 0 Å². The zero-order valence-electron chi connectivity index (χ0n) is 10.8. The monoisotopic (exact) mass is 276 g/mol. The third-order valence-electron chi connectivity index (χ3n) is 3.63. The normalized spacial score (nSPS) is 20.9. The molecule has 1 fully saturated rings. The lowest BCUT2D eigenvalue weighted by molar-refractivity contribution is 0.400. The van der Waals surface area contributed by atoms with Gasteiger partial charge in [0.1, 0.15) is 11.4 Å². The van der Waals surface area contributed by atoms with E-state index in [0.717, 1.165) is 12.5 Å². The van der Waals surface area contributed by atoms with E-state index in [1.165, 1.54) is 22.8 Å². The van der Waals surface area contributed by atoms with E-state index in [1.807, 2.05) is 6.92 Å². The highest BCUT2D eigenvalue weighted by Gasteiger charge is 2.37. The number of hydrogen-bond donors (Lipinski definition) is 2. The van der Waals surface area contributed by atoms with Crippen molar-refractivity contribution in [3.05, 3.63) is 50.9 Å². The average Bonchev–Trinajstić information content (AvgIpc) is 3.05. The molecule has 104 valence electrons. The molecule has 2 unspecified atom stereocenters. The average molecular weight is 276 g/mol. The molecule has 1 aromatic heterocycles. The SMILES string of the molecule is CC1CC1n1c(O)c(-c2cccc(F)c2)c(=O)[nH]c1=O. The zero-order chi connectivity index (χ0) is 14.4. The third kappa shape index (κ3) is 1.93. The van der Waals surface area contributed by atoms with Crippen LogP contribution in [0.1, 0.15) is 19.4 Å². The van der Waals surface area contributed by atoms with Gasteiger partial charge in [0.15, 0.2) is 0 Å². The molecule has 0 amide bonds. The van der Waals surface area contributed by atoms with Crippen LogP contribution in [0, 0.1) is 11.7 Å². The minimum Gasteiger partial charge on any atom is -0.494 e. The highest BCUT2D eigenvalue weighted by molar-refractivity contribution is 5.67. The molecule has 0 saturated heterocycles. The first-order valence-electron chi connectivity index (χ1n) is 6.32. The van der Waals surface area contributed by atoms with Crippen molar-refractivity contribution in [2.75, 3.05) is 0 Å². The summed E-state index contributed by atoms with van der Waals surface area (Å²) >= 11 is 0. The highest BCUT2D eigenvalue weighted by atomic mass is 19.1. The van der Waals surface area contributed by atoms with Crippen LogP contribution in [0.25, 0.3) is 11.1 Å². The Bertz CT molecular complexity index is 794. The van der Waals surface area contributed by atoms with Crippen molar-refractivity contribution in [1.82, 2.24) is 9.55 Å². The second-order valence-corrected chi connectivity index (χ2v) is 5.12. The zero-order valence-corrected chi connectivity index (χ0v) is 10.8. The fourth-order valence-electron chi connectivity index (χ4n) is 2.41. The predicted molar refractivity (Wildman–Crippen MR) is 71.2 cm³/mol. The van der Waals surface area contributed by atoms with Gasteiger partial charge in [0.2, 0.25) is 5.88 Å². The molecule has 1 aromatic carbocycles. The van der Waals surface area contributed by atoms with Crippen LogP contribution < -0.4 is 11.2 Å². The van der Waals surface area contributed by atoms with E-state index in [2.05, 4.69) is 4.98 Å². The summed E-state index contributed by atoms with van der Waals surface area (Å²) in [5.74, 6) is -0.651. The first-order valence-corrected chi connectivity index (χ1v) is 6.32. The lowest BCUT2D eigenvalue weighted by atomic mass is 10.1. The molecule has 1 aliphatic rings. The molecule has 1 saturated carbocycles. The summed E-state index contributed by atoms with van der Waals surface area (Å²) in [5, 5.41) is 10.2. The minimum absolute atomic E-state index is 0.0804. The second kappa shape index (κ2) is 4.33. The third-order valence-corrected chi connectivity index (χ3v) is 3.63. The minimum atomic E-state index is -0.720. The van der Waals surface area contributed by atoms with Crippen molar-refractivity contribution in [1.29, 1.82) is 0 Å². The molecular formula is C14H13FN2O3. The van der Waals surface area contributed by atoms with E-state index in [-0.39, 0.29) is 23.1 Å². The summed E-state index contributed by atoms with van der Waals surface area (Å²) in [5.41, 5.74) is -1.20. The maximum absolute atomic E-state index is 13.3. The van der Waals surface area contributed by atoms with Crippen LogP contribution in [0.15, 0.2) is 33.9 Å². The van der Waals surface area contributed by atoms with Gasteiger partial charge in [0.05, 0.1) is 0 Å². The summed E-state index contributed by atoms with van der Waals surface area (Å²) in [4.78, 5) is 25.9. The van der Waals surface area contributed by atoms with Crippen LogP contribution >= 0.6 is 0 Å². The Kier molecular flexibility index (Phi) is 2.74. The summed E-state index contributed by atoms with van der Waals surface area (Å²) < 4.78 is 14.4. The molecule has 6 heteroatoms. The van der Waals surface area contributed by atoms with Crippen molar-refractivity contribution in [3.8, 4) is 17.0 Å². The number of halogens is 1. The van der Waals surface area contributed by atoms with Crippen molar-refractivity contribution in [2.45, 2.75) is 19.4 Å². The smallest absolute Gasteiger partial charge is 0.331 e. The van der Waals surface area contributed by atoms with E-state index in [0.29, 0.717) is 0 Å². The number of aromatic hydroxyl groups is 1. The van der Waals surface area contributed by atoms with Gasteiger partial charge in [0, 0.05) is 6.04 Å². The number of aromatic nitrogens is 2.